The van der Waals surface area contributed by atoms with Gasteiger partial charge in [0.2, 0.25) is 0 Å². The molecule has 0 spiro atoms. The molecule has 0 saturated heterocycles. The molecule has 0 amide bonds. The number of rotatable bonds is 3. The van der Waals surface area contributed by atoms with E-state index in [1.165, 1.54) is 0 Å². The van der Waals surface area contributed by atoms with Gasteiger partial charge in [0, 0.05) is 30.4 Å². The van der Waals surface area contributed by atoms with Crippen LogP contribution in [0, 0.1) is 0 Å². The second kappa shape index (κ2) is 6.88. The van der Waals surface area contributed by atoms with Gasteiger partial charge >= 0.3 is 0 Å². The Morgan fingerprint density at radius 1 is 0.840 bits per heavy atom. The Bertz CT molecular complexity index is 963. The number of pyridine rings is 2. The normalized spacial score (nSPS) is 15.2. The summed E-state index contributed by atoms with van der Waals surface area (Å²) in [7, 11) is 0. The zero-order valence-corrected chi connectivity index (χ0v) is 13.1. The van der Waals surface area contributed by atoms with Crippen LogP contribution in [0.25, 0.3) is 11.3 Å². The maximum absolute atomic E-state index is 4.67. The summed E-state index contributed by atoms with van der Waals surface area (Å²) in [6, 6.07) is 11.3. The topological polar surface area (TPSA) is 88.6 Å². The molecule has 3 aromatic rings. The van der Waals surface area contributed by atoms with Gasteiger partial charge in [0.05, 0.1) is 18.0 Å². The van der Waals surface area contributed by atoms with Gasteiger partial charge in [-0.05, 0) is 30.3 Å². The highest BCUT2D eigenvalue weighted by atomic mass is 15.0. The average Bonchev–Trinajstić information content (AvgIpc) is 2.70. The predicted molar refractivity (Wildman–Crippen MR) is 95.4 cm³/mol. The maximum Gasteiger partial charge on any atom is 0.193 e. The van der Waals surface area contributed by atoms with Crippen LogP contribution in [0.15, 0.2) is 76.2 Å². The Morgan fingerprint density at radius 3 is 2.52 bits per heavy atom. The van der Waals surface area contributed by atoms with E-state index in [2.05, 4.69) is 41.3 Å². The molecular weight excluding hydrogens is 314 g/mol. The fraction of sp³-hybridized carbons (Fsp3) is 0.0556. The van der Waals surface area contributed by atoms with Crippen LogP contribution in [-0.2, 0) is 0 Å². The summed E-state index contributed by atoms with van der Waals surface area (Å²) in [4.78, 5) is 30.2. The zero-order chi connectivity index (χ0) is 16.9. The zero-order valence-electron chi connectivity index (χ0n) is 13.1. The molecule has 0 aromatic carbocycles. The average molecular weight is 326 g/mol. The van der Waals surface area contributed by atoms with E-state index in [4.69, 9.17) is 0 Å². The summed E-state index contributed by atoms with van der Waals surface area (Å²) in [5.74, 6) is 1.04. The maximum atomic E-state index is 4.67. The highest BCUT2D eigenvalue weighted by Crippen LogP contribution is 2.26. The molecule has 0 bridgehead atoms. The highest BCUT2D eigenvalue weighted by molar-refractivity contribution is 6.50. The lowest BCUT2D eigenvalue weighted by Gasteiger charge is -2.10. The number of hydrogen-bond donors (Lipinski definition) is 0. The summed E-state index contributed by atoms with van der Waals surface area (Å²) < 4.78 is 0. The smallest absolute Gasteiger partial charge is 0.193 e. The second-order valence-corrected chi connectivity index (χ2v) is 5.10. The van der Waals surface area contributed by atoms with E-state index in [9.17, 15) is 0 Å². The molecule has 0 unspecified atom stereocenters. The van der Waals surface area contributed by atoms with Crippen LogP contribution >= 0.6 is 0 Å². The molecule has 4 heterocycles. The quantitative estimate of drug-likeness (QED) is 0.739. The van der Waals surface area contributed by atoms with Crippen molar-refractivity contribution in [3.8, 4) is 11.3 Å². The van der Waals surface area contributed by atoms with Crippen molar-refractivity contribution in [2.75, 3.05) is 6.54 Å². The van der Waals surface area contributed by atoms with Crippen LogP contribution in [0.2, 0.25) is 0 Å². The number of hydrogen-bond acceptors (Lipinski definition) is 7. The molecule has 0 N–H and O–H groups in total. The molecule has 7 nitrogen and oxygen atoms in total. The SMILES string of the molecule is [C]1=NCC(=Nc2ncccc2-c2ccccn2)C(c2ncccn2)=N1. The van der Waals surface area contributed by atoms with E-state index >= 15 is 0 Å². The summed E-state index contributed by atoms with van der Waals surface area (Å²) in [5.41, 5.74) is 2.83. The minimum absolute atomic E-state index is 0.343. The molecule has 25 heavy (non-hydrogen) atoms. The third-order valence-corrected chi connectivity index (χ3v) is 3.48. The first-order valence-corrected chi connectivity index (χ1v) is 7.63. The van der Waals surface area contributed by atoms with Crippen molar-refractivity contribution in [2.24, 2.45) is 15.0 Å². The van der Waals surface area contributed by atoms with Crippen LogP contribution in [0.5, 0.6) is 0 Å². The predicted octanol–water partition coefficient (Wildman–Crippen LogP) is 2.41. The van der Waals surface area contributed by atoms with Gasteiger partial charge in [0.25, 0.3) is 0 Å². The lowest BCUT2D eigenvalue weighted by molar-refractivity contribution is 1.13. The molecule has 1 aliphatic rings. The van der Waals surface area contributed by atoms with Gasteiger partial charge in [-0.15, -0.1) is 0 Å². The lowest BCUT2D eigenvalue weighted by atomic mass is 10.1. The number of aromatic nitrogens is 4. The lowest BCUT2D eigenvalue weighted by Crippen LogP contribution is -2.24. The first kappa shape index (κ1) is 14.9. The van der Waals surface area contributed by atoms with Crippen molar-refractivity contribution in [1.29, 1.82) is 0 Å². The van der Waals surface area contributed by atoms with Crippen molar-refractivity contribution in [2.45, 2.75) is 0 Å². The number of nitrogens with zero attached hydrogens (tertiary/aromatic N) is 7. The fourth-order valence-corrected chi connectivity index (χ4v) is 2.36. The van der Waals surface area contributed by atoms with E-state index < -0.39 is 0 Å². The Kier molecular flexibility index (Phi) is 4.11. The second-order valence-electron chi connectivity index (χ2n) is 5.10. The Hall–Kier alpha value is -3.61. The standard InChI is InChI=1S/C18H12N7/c1-2-7-20-14(6-1)13-5-3-8-21-17(13)25-15-11-19-12-24-16(15)18-22-9-4-10-23-18/h1-10H,11H2. The summed E-state index contributed by atoms with van der Waals surface area (Å²) in [5, 5.41) is 0. The first-order valence-electron chi connectivity index (χ1n) is 7.63. The van der Waals surface area contributed by atoms with Crippen LogP contribution in [0.4, 0.5) is 5.82 Å². The monoisotopic (exact) mass is 326 g/mol. The van der Waals surface area contributed by atoms with E-state index in [1.54, 1.807) is 30.9 Å². The van der Waals surface area contributed by atoms with E-state index in [1.807, 2.05) is 30.3 Å². The van der Waals surface area contributed by atoms with Gasteiger partial charge in [0.1, 0.15) is 5.71 Å². The number of aliphatic imine (C=N–C) groups is 3. The Balaban J connectivity index is 1.79. The molecule has 1 aliphatic heterocycles. The van der Waals surface area contributed by atoms with Crippen molar-refractivity contribution >= 4 is 23.6 Å². The minimum Gasteiger partial charge on any atom is -0.257 e. The van der Waals surface area contributed by atoms with Crippen LogP contribution < -0.4 is 0 Å². The largest absolute Gasteiger partial charge is 0.257 e. The third-order valence-electron chi connectivity index (χ3n) is 3.48. The van der Waals surface area contributed by atoms with Gasteiger partial charge in [-0.2, -0.15) is 0 Å². The fourth-order valence-electron chi connectivity index (χ4n) is 2.36. The molecule has 0 saturated carbocycles. The molecule has 0 fully saturated rings. The molecule has 119 valence electrons. The van der Waals surface area contributed by atoms with Crippen molar-refractivity contribution in [3.63, 3.8) is 0 Å². The molecule has 3 aromatic heterocycles. The Morgan fingerprint density at radius 2 is 1.68 bits per heavy atom. The molecule has 7 heteroatoms. The van der Waals surface area contributed by atoms with Crippen molar-refractivity contribution in [3.05, 3.63) is 67.0 Å². The summed E-state index contributed by atoms with van der Waals surface area (Å²) in [6.45, 7) is 0.343. The summed E-state index contributed by atoms with van der Waals surface area (Å²) >= 11 is 0. The minimum atomic E-state index is 0.343. The molecule has 1 radical (unpaired) electrons. The van der Waals surface area contributed by atoms with E-state index in [0.717, 1.165) is 11.3 Å². The Labute approximate surface area is 144 Å². The molecular formula is C18H12N7. The van der Waals surface area contributed by atoms with E-state index in [-0.39, 0.29) is 0 Å². The summed E-state index contributed by atoms with van der Waals surface area (Å²) in [6.07, 6.45) is 9.37. The van der Waals surface area contributed by atoms with Gasteiger partial charge in [0.15, 0.2) is 18.0 Å². The first-order chi connectivity index (χ1) is 12.4. The molecule has 4 rings (SSSR count). The van der Waals surface area contributed by atoms with Gasteiger partial charge in [-0.3, -0.25) is 9.98 Å². The van der Waals surface area contributed by atoms with Crippen molar-refractivity contribution < 1.29 is 0 Å². The van der Waals surface area contributed by atoms with Crippen molar-refractivity contribution in [1.82, 2.24) is 19.9 Å². The van der Waals surface area contributed by atoms with Gasteiger partial charge in [-0.25, -0.2) is 24.9 Å². The van der Waals surface area contributed by atoms with E-state index in [0.29, 0.717) is 29.6 Å². The molecule has 0 atom stereocenters. The van der Waals surface area contributed by atoms with Crippen LogP contribution in [0.1, 0.15) is 5.82 Å². The van der Waals surface area contributed by atoms with Crippen LogP contribution in [-0.4, -0.2) is 44.2 Å². The van der Waals surface area contributed by atoms with Gasteiger partial charge < -0.3 is 0 Å². The van der Waals surface area contributed by atoms with Gasteiger partial charge in [-0.1, -0.05) is 6.07 Å². The highest BCUT2D eigenvalue weighted by Gasteiger charge is 2.18. The third kappa shape index (κ3) is 3.20. The molecule has 0 aliphatic carbocycles. The van der Waals surface area contributed by atoms with Crippen LogP contribution in [0.3, 0.4) is 0 Å².